The highest BCUT2D eigenvalue weighted by molar-refractivity contribution is 5.77. The minimum atomic E-state index is -0.885. The van der Waals surface area contributed by atoms with Gasteiger partial charge in [0.1, 0.15) is 0 Å². The number of nitrogens with zero attached hydrogens (tertiary/aromatic N) is 2. The van der Waals surface area contributed by atoms with Crippen LogP contribution in [0.3, 0.4) is 0 Å². The lowest BCUT2D eigenvalue weighted by molar-refractivity contribution is 0.122. The van der Waals surface area contributed by atoms with Crippen molar-refractivity contribution < 1.29 is 14.3 Å². The normalized spacial score (nSPS) is 19.6. The Hall–Kier alpha value is -2.44. The molecule has 0 unspecified atom stereocenters. The van der Waals surface area contributed by atoms with E-state index in [1.165, 1.54) is 4.90 Å². The highest BCUT2D eigenvalue weighted by Gasteiger charge is 2.27. The summed E-state index contributed by atoms with van der Waals surface area (Å²) in [4.78, 5) is 28.3. The molecule has 0 bridgehead atoms. The number of oxazole rings is 1. The first-order valence-corrected chi connectivity index (χ1v) is 6.42. The van der Waals surface area contributed by atoms with Gasteiger partial charge >= 0.3 is 11.8 Å². The summed E-state index contributed by atoms with van der Waals surface area (Å²) in [6.45, 7) is 3.59. The summed E-state index contributed by atoms with van der Waals surface area (Å²) in [5.74, 6) is -0.471. The molecule has 20 heavy (non-hydrogen) atoms. The summed E-state index contributed by atoms with van der Waals surface area (Å²) in [6, 6.07) is 5.42. The number of amides is 1. The number of carbonyl (C=O) groups is 1. The molecule has 2 aromatic rings. The number of carboxylic acid groups (broad SMARTS) is 1. The van der Waals surface area contributed by atoms with Crippen molar-refractivity contribution >= 4 is 22.9 Å². The van der Waals surface area contributed by atoms with Crippen LogP contribution in [-0.2, 0) is 0 Å². The summed E-state index contributed by atoms with van der Waals surface area (Å²) in [5.41, 5.74) is 2.11. The zero-order valence-electron chi connectivity index (χ0n) is 11.0. The van der Waals surface area contributed by atoms with Crippen molar-refractivity contribution in [3.05, 3.63) is 28.7 Å². The van der Waals surface area contributed by atoms with Crippen molar-refractivity contribution in [2.75, 3.05) is 24.5 Å². The minimum Gasteiger partial charge on any atom is -0.465 e. The van der Waals surface area contributed by atoms with Gasteiger partial charge in [-0.05, 0) is 19.1 Å². The van der Waals surface area contributed by atoms with Crippen LogP contribution in [0, 0.1) is 0 Å². The average Bonchev–Trinajstić information content (AvgIpc) is 2.77. The SMILES string of the molecule is C[C@H]1CN(c2ccc3[nH]c(=O)oc3c2)CCN1C(=O)O. The first-order valence-electron chi connectivity index (χ1n) is 6.42. The van der Waals surface area contributed by atoms with Crippen molar-refractivity contribution in [3.63, 3.8) is 0 Å². The summed E-state index contributed by atoms with van der Waals surface area (Å²) in [6.07, 6.45) is -0.885. The van der Waals surface area contributed by atoms with Crippen LogP contribution < -0.4 is 10.7 Å². The van der Waals surface area contributed by atoms with Gasteiger partial charge in [-0.15, -0.1) is 0 Å². The Morgan fingerprint density at radius 2 is 2.25 bits per heavy atom. The van der Waals surface area contributed by atoms with Crippen molar-refractivity contribution in [2.45, 2.75) is 13.0 Å². The van der Waals surface area contributed by atoms with E-state index in [4.69, 9.17) is 9.52 Å². The van der Waals surface area contributed by atoms with Gasteiger partial charge in [0, 0.05) is 37.4 Å². The summed E-state index contributed by atoms with van der Waals surface area (Å²) >= 11 is 0. The number of rotatable bonds is 1. The van der Waals surface area contributed by atoms with Gasteiger partial charge in [-0.1, -0.05) is 0 Å². The predicted molar refractivity (Wildman–Crippen MR) is 73.2 cm³/mol. The zero-order valence-corrected chi connectivity index (χ0v) is 11.0. The van der Waals surface area contributed by atoms with Gasteiger partial charge in [0.15, 0.2) is 5.58 Å². The van der Waals surface area contributed by atoms with Crippen LogP contribution in [0.2, 0.25) is 0 Å². The molecule has 1 aromatic carbocycles. The lowest BCUT2D eigenvalue weighted by Gasteiger charge is -2.39. The van der Waals surface area contributed by atoms with Crippen LogP contribution >= 0.6 is 0 Å². The number of anilines is 1. The van der Waals surface area contributed by atoms with Crippen LogP contribution in [0.4, 0.5) is 10.5 Å². The number of benzene rings is 1. The van der Waals surface area contributed by atoms with E-state index in [0.717, 1.165) is 5.69 Å². The van der Waals surface area contributed by atoms with Crippen molar-refractivity contribution in [2.24, 2.45) is 0 Å². The third kappa shape index (κ3) is 2.11. The smallest absolute Gasteiger partial charge is 0.417 e. The molecule has 3 rings (SSSR count). The Morgan fingerprint density at radius 3 is 2.95 bits per heavy atom. The number of aromatic amines is 1. The zero-order chi connectivity index (χ0) is 14.3. The Bertz CT molecular complexity index is 705. The molecule has 2 N–H and O–H groups in total. The van der Waals surface area contributed by atoms with Crippen molar-refractivity contribution in [1.29, 1.82) is 0 Å². The highest BCUT2D eigenvalue weighted by atomic mass is 16.4. The fourth-order valence-electron chi connectivity index (χ4n) is 2.61. The molecule has 7 nitrogen and oxygen atoms in total. The quantitative estimate of drug-likeness (QED) is 0.820. The van der Waals surface area contributed by atoms with Gasteiger partial charge < -0.3 is 19.3 Å². The Morgan fingerprint density at radius 1 is 1.45 bits per heavy atom. The number of hydrogen-bond donors (Lipinski definition) is 2. The van der Waals surface area contributed by atoms with E-state index in [0.29, 0.717) is 30.7 Å². The number of hydrogen-bond acceptors (Lipinski definition) is 4. The topological polar surface area (TPSA) is 89.8 Å². The Balaban J connectivity index is 1.85. The van der Waals surface area contributed by atoms with Gasteiger partial charge in [-0.3, -0.25) is 4.98 Å². The van der Waals surface area contributed by atoms with Gasteiger partial charge in [0.25, 0.3) is 0 Å². The fraction of sp³-hybridized carbons (Fsp3) is 0.385. The Labute approximate surface area is 114 Å². The number of aromatic nitrogens is 1. The van der Waals surface area contributed by atoms with Crippen LogP contribution in [0.25, 0.3) is 11.1 Å². The van der Waals surface area contributed by atoms with E-state index in [1.807, 2.05) is 13.0 Å². The van der Waals surface area contributed by atoms with Crippen LogP contribution in [0.5, 0.6) is 0 Å². The number of H-pyrrole nitrogens is 1. The van der Waals surface area contributed by atoms with Gasteiger partial charge in [0.05, 0.1) is 5.52 Å². The molecule has 1 aliphatic heterocycles. The van der Waals surface area contributed by atoms with E-state index in [-0.39, 0.29) is 6.04 Å². The molecule has 1 aliphatic rings. The lowest BCUT2D eigenvalue weighted by atomic mass is 10.1. The molecule has 1 atom stereocenters. The fourth-order valence-corrected chi connectivity index (χ4v) is 2.61. The molecule has 0 saturated carbocycles. The molecule has 2 heterocycles. The van der Waals surface area contributed by atoms with Gasteiger partial charge in [0.2, 0.25) is 0 Å². The molecule has 1 aromatic heterocycles. The van der Waals surface area contributed by atoms with E-state index < -0.39 is 11.8 Å². The van der Waals surface area contributed by atoms with Crippen LogP contribution in [-0.4, -0.2) is 46.8 Å². The molecule has 0 radical (unpaired) electrons. The standard InChI is InChI=1S/C13H15N3O4/c1-8-7-15(4-5-16(8)13(18)19)9-2-3-10-11(6-9)20-12(17)14-10/h2-3,6,8H,4-5,7H2,1H3,(H,14,17)(H,18,19)/t8-/m0/s1. The van der Waals surface area contributed by atoms with Crippen LogP contribution in [0.15, 0.2) is 27.4 Å². The molecule has 0 aliphatic carbocycles. The molecule has 1 fully saturated rings. The van der Waals surface area contributed by atoms with E-state index >= 15 is 0 Å². The second-order valence-corrected chi connectivity index (χ2v) is 4.97. The monoisotopic (exact) mass is 277 g/mol. The average molecular weight is 277 g/mol. The summed E-state index contributed by atoms with van der Waals surface area (Å²) in [5, 5.41) is 9.06. The number of piperazine rings is 1. The van der Waals surface area contributed by atoms with E-state index in [9.17, 15) is 9.59 Å². The lowest BCUT2D eigenvalue weighted by Crippen LogP contribution is -2.53. The Kier molecular flexibility index (Phi) is 2.89. The van der Waals surface area contributed by atoms with E-state index in [2.05, 4.69) is 9.88 Å². The molecular weight excluding hydrogens is 262 g/mol. The molecule has 1 amide bonds. The first-order chi connectivity index (χ1) is 9.54. The maximum atomic E-state index is 11.1. The first kappa shape index (κ1) is 12.6. The third-order valence-electron chi connectivity index (χ3n) is 3.64. The molecule has 7 heteroatoms. The number of fused-ring (bicyclic) bond motifs is 1. The molecular formula is C13H15N3O4. The maximum Gasteiger partial charge on any atom is 0.417 e. The van der Waals surface area contributed by atoms with Crippen molar-refractivity contribution in [3.8, 4) is 0 Å². The molecule has 1 saturated heterocycles. The van der Waals surface area contributed by atoms with Crippen LogP contribution in [0.1, 0.15) is 6.92 Å². The largest absolute Gasteiger partial charge is 0.465 e. The third-order valence-corrected chi connectivity index (χ3v) is 3.64. The van der Waals surface area contributed by atoms with Gasteiger partial charge in [-0.25, -0.2) is 9.59 Å². The summed E-state index contributed by atoms with van der Waals surface area (Å²) < 4.78 is 5.04. The predicted octanol–water partition coefficient (Wildman–Crippen LogP) is 1.31. The summed E-state index contributed by atoms with van der Waals surface area (Å²) in [7, 11) is 0. The van der Waals surface area contributed by atoms with Gasteiger partial charge in [-0.2, -0.15) is 0 Å². The second kappa shape index (κ2) is 4.59. The maximum absolute atomic E-state index is 11.1. The minimum absolute atomic E-state index is 0.0739. The van der Waals surface area contributed by atoms with Crippen molar-refractivity contribution in [1.82, 2.24) is 9.88 Å². The molecule has 106 valence electrons. The van der Waals surface area contributed by atoms with E-state index in [1.54, 1.807) is 12.1 Å². The number of nitrogens with one attached hydrogen (secondary N) is 1. The molecule has 0 spiro atoms. The highest BCUT2D eigenvalue weighted by Crippen LogP contribution is 2.23. The second-order valence-electron chi connectivity index (χ2n) is 4.97.